The fourth-order valence-corrected chi connectivity index (χ4v) is 3.29. The van der Waals surface area contributed by atoms with Crippen LogP contribution in [0.2, 0.25) is 10.0 Å². The summed E-state index contributed by atoms with van der Waals surface area (Å²) in [5.41, 5.74) is 6.82. The van der Waals surface area contributed by atoms with Gasteiger partial charge in [0.05, 0.1) is 11.1 Å². The fourth-order valence-electron chi connectivity index (χ4n) is 2.80. The molecule has 3 rings (SSSR count). The molecule has 1 aromatic heterocycles. The molecule has 2 atom stereocenters. The average molecular weight is 482 g/mol. The van der Waals surface area contributed by atoms with E-state index in [9.17, 15) is 18.0 Å². The number of carbonyl (C=O) groups excluding carboxylic acids is 1. The van der Waals surface area contributed by atoms with Gasteiger partial charge in [0.25, 0.3) is 0 Å². The summed E-state index contributed by atoms with van der Waals surface area (Å²) in [7, 11) is 0. The molecule has 4 N–H and O–H groups in total. The van der Waals surface area contributed by atoms with Gasteiger partial charge in [-0.1, -0.05) is 30.1 Å². The van der Waals surface area contributed by atoms with Crippen LogP contribution in [0.4, 0.5) is 13.2 Å². The Morgan fingerprint density at radius 2 is 1.84 bits per heavy atom. The predicted molar refractivity (Wildman–Crippen MR) is 108 cm³/mol. The number of nitrogens with one attached hydrogen (secondary N) is 1. The number of aromatic nitrogens is 3. The van der Waals surface area contributed by atoms with Crippen LogP contribution in [-0.2, 0) is 9.59 Å². The molecule has 1 saturated heterocycles. The van der Waals surface area contributed by atoms with Gasteiger partial charge in [-0.15, -0.1) is 0 Å². The van der Waals surface area contributed by atoms with Crippen molar-refractivity contribution in [1.29, 1.82) is 0 Å². The van der Waals surface area contributed by atoms with Crippen LogP contribution in [0.3, 0.4) is 0 Å². The van der Waals surface area contributed by atoms with Crippen molar-refractivity contribution in [3.63, 3.8) is 0 Å². The normalized spacial score (nSPS) is 15.8. The maximum absolute atomic E-state index is 12.4. The number of halogens is 5. The number of rotatable bonds is 4. The Morgan fingerprint density at radius 1 is 1.26 bits per heavy atom. The van der Waals surface area contributed by atoms with Gasteiger partial charge in [0.1, 0.15) is 5.82 Å². The van der Waals surface area contributed by atoms with Crippen molar-refractivity contribution in [2.75, 3.05) is 13.1 Å². The van der Waals surface area contributed by atoms with E-state index in [2.05, 4.69) is 15.2 Å². The minimum atomic E-state index is -5.08. The number of carbonyl (C=O) groups is 2. The molecule has 1 aliphatic rings. The standard InChI is InChI=1S/C16H19Cl2N5O.C2HF3O2/c1-9(13(19)16(24)23-6-2-3-7-23)14-20-15(22-21-14)11-5-4-10(17)8-12(11)18;3-2(4,5)1(6)7/h4-5,8-9,13H,2-3,6-7,19H2,1H3,(H,20,21,22);(H,6,7)/t9-,13-;/m0./s1. The second kappa shape index (κ2) is 10.3. The monoisotopic (exact) mass is 481 g/mol. The number of aromatic amines is 1. The second-order valence-corrected chi connectivity index (χ2v) is 7.66. The number of aliphatic carboxylic acids is 1. The highest BCUT2D eigenvalue weighted by Gasteiger charge is 2.38. The number of nitrogens with two attached hydrogens (primary N) is 1. The Balaban J connectivity index is 0.000000423. The summed E-state index contributed by atoms with van der Waals surface area (Å²) in [4.78, 5) is 27.6. The zero-order chi connectivity index (χ0) is 23.3. The van der Waals surface area contributed by atoms with E-state index >= 15 is 0 Å². The first-order valence-electron chi connectivity index (χ1n) is 9.14. The molecule has 8 nitrogen and oxygen atoms in total. The highest BCUT2D eigenvalue weighted by molar-refractivity contribution is 6.36. The third kappa shape index (κ3) is 6.55. The molecule has 1 amide bonds. The van der Waals surface area contributed by atoms with Gasteiger partial charge in [0, 0.05) is 29.6 Å². The van der Waals surface area contributed by atoms with Crippen LogP contribution in [0.5, 0.6) is 0 Å². The van der Waals surface area contributed by atoms with Gasteiger partial charge in [-0.2, -0.15) is 18.3 Å². The van der Waals surface area contributed by atoms with Gasteiger partial charge in [-0.25, -0.2) is 9.78 Å². The van der Waals surface area contributed by atoms with Gasteiger partial charge >= 0.3 is 12.1 Å². The van der Waals surface area contributed by atoms with Crippen LogP contribution in [-0.4, -0.2) is 62.4 Å². The minimum Gasteiger partial charge on any atom is -0.475 e. The van der Waals surface area contributed by atoms with Crippen molar-refractivity contribution in [2.45, 2.75) is 37.9 Å². The lowest BCUT2D eigenvalue weighted by atomic mass is 10.0. The Kier molecular flexibility index (Phi) is 8.27. The van der Waals surface area contributed by atoms with Crippen LogP contribution < -0.4 is 5.73 Å². The number of hydrogen-bond acceptors (Lipinski definition) is 5. The van der Waals surface area contributed by atoms with E-state index in [-0.39, 0.29) is 11.8 Å². The van der Waals surface area contributed by atoms with E-state index in [0.717, 1.165) is 25.9 Å². The molecule has 170 valence electrons. The zero-order valence-electron chi connectivity index (χ0n) is 16.3. The maximum Gasteiger partial charge on any atom is 0.490 e. The number of H-pyrrole nitrogens is 1. The van der Waals surface area contributed by atoms with E-state index in [0.29, 0.717) is 27.3 Å². The molecule has 31 heavy (non-hydrogen) atoms. The molecular weight excluding hydrogens is 462 g/mol. The van der Waals surface area contributed by atoms with E-state index in [1.165, 1.54) is 0 Å². The van der Waals surface area contributed by atoms with Crippen LogP contribution in [0.1, 0.15) is 31.5 Å². The average Bonchev–Trinajstić information content (AvgIpc) is 3.38. The number of carboxylic acids is 1. The van der Waals surface area contributed by atoms with Crippen molar-refractivity contribution in [1.82, 2.24) is 20.1 Å². The summed E-state index contributed by atoms with van der Waals surface area (Å²) in [5.74, 6) is -2.05. The Morgan fingerprint density at radius 3 is 2.35 bits per heavy atom. The molecule has 0 spiro atoms. The number of amides is 1. The Hall–Kier alpha value is -2.37. The van der Waals surface area contributed by atoms with Gasteiger partial charge in [0.2, 0.25) is 5.91 Å². The second-order valence-electron chi connectivity index (χ2n) is 6.82. The summed E-state index contributed by atoms with van der Waals surface area (Å²) < 4.78 is 31.7. The number of likely N-dealkylation sites (tertiary alicyclic amines) is 1. The lowest BCUT2D eigenvalue weighted by molar-refractivity contribution is -0.192. The SMILES string of the molecule is C[C@H](c1nc(-c2ccc(Cl)cc2Cl)n[nH]1)[C@H](N)C(=O)N1CCCC1.O=C(O)C(F)(F)F. The third-order valence-electron chi connectivity index (χ3n) is 4.59. The number of benzene rings is 1. The first-order chi connectivity index (χ1) is 14.4. The molecular formula is C18H20Cl2F3N5O3. The van der Waals surface area contributed by atoms with Crippen molar-refractivity contribution < 1.29 is 27.9 Å². The minimum absolute atomic E-state index is 0.0394. The highest BCUT2D eigenvalue weighted by Crippen LogP contribution is 2.29. The van der Waals surface area contributed by atoms with E-state index in [4.69, 9.17) is 38.8 Å². The van der Waals surface area contributed by atoms with Gasteiger partial charge < -0.3 is 15.7 Å². The van der Waals surface area contributed by atoms with Crippen LogP contribution in [0, 0.1) is 0 Å². The van der Waals surface area contributed by atoms with Gasteiger partial charge in [-0.05, 0) is 31.0 Å². The molecule has 2 aromatic rings. The maximum atomic E-state index is 12.4. The Labute approximate surface area is 185 Å². The van der Waals surface area contributed by atoms with Gasteiger partial charge in [0.15, 0.2) is 5.82 Å². The summed E-state index contributed by atoms with van der Waals surface area (Å²) in [6.45, 7) is 3.43. The summed E-state index contributed by atoms with van der Waals surface area (Å²) >= 11 is 12.1. The largest absolute Gasteiger partial charge is 0.490 e. The van der Waals surface area contributed by atoms with E-state index in [1.54, 1.807) is 18.2 Å². The van der Waals surface area contributed by atoms with E-state index < -0.39 is 18.2 Å². The third-order valence-corrected chi connectivity index (χ3v) is 5.14. The number of hydrogen-bond donors (Lipinski definition) is 3. The molecule has 2 heterocycles. The molecule has 0 unspecified atom stereocenters. The lowest BCUT2D eigenvalue weighted by Crippen LogP contribution is -2.45. The van der Waals surface area contributed by atoms with E-state index in [1.807, 2.05) is 11.8 Å². The summed E-state index contributed by atoms with van der Waals surface area (Å²) in [6, 6.07) is 4.48. The summed E-state index contributed by atoms with van der Waals surface area (Å²) in [6.07, 6.45) is -3.01. The van der Waals surface area contributed by atoms with Crippen molar-refractivity contribution in [2.24, 2.45) is 5.73 Å². The molecule has 0 bridgehead atoms. The zero-order valence-corrected chi connectivity index (χ0v) is 17.8. The van der Waals surface area contributed by atoms with Crippen LogP contribution in [0.25, 0.3) is 11.4 Å². The lowest BCUT2D eigenvalue weighted by Gasteiger charge is -2.23. The predicted octanol–water partition coefficient (Wildman–Crippen LogP) is 3.47. The number of carboxylic acid groups (broad SMARTS) is 1. The first-order valence-corrected chi connectivity index (χ1v) is 9.89. The smallest absolute Gasteiger partial charge is 0.475 e. The Bertz CT molecular complexity index is 932. The summed E-state index contributed by atoms with van der Waals surface area (Å²) in [5, 5.41) is 15.2. The van der Waals surface area contributed by atoms with Crippen LogP contribution in [0.15, 0.2) is 18.2 Å². The van der Waals surface area contributed by atoms with Crippen molar-refractivity contribution >= 4 is 35.1 Å². The molecule has 1 aliphatic heterocycles. The molecule has 0 radical (unpaired) electrons. The topological polar surface area (TPSA) is 125 Å². The van der Waals surface area contributed by atoms with Gasteiger partial charge in [-0.3, -0.25) is 9.89 Å². The molecule has 0 aliphatic carbocycles. The first kappa shape index (κ1) is 24.9. The quantitative estimate of drug-likeness (QED) is 0.613. The van der Waals surface area contributed by atoms with Crippen molar-refractivity contribution in [3.8, 4) is 11.4 Å². The number of nitrogens with zero attached hydrogens (tertiary/aromatic N) is 3. The van der Waals surface area contributed by atoms with Crippen molar-refractivity contribution in [3.05, 3.63) is 34.1 Å². The molecule has 0 saturated carbocycles. The van der Waals surface area contributed by atoms with Crippen LogP contribution >= 0.6 is 23.2 Å². The fraction of sp³-hybridized carbons (Fsp3) is 0.444. The number of alkyl halides is 3. The molecule has 1 aromatic carbocycles. The molecule has 13 heteroatoms. The molecule has 1 fully saturated rings. The highest BCUT2D eigenvalue weighted by atomic mass is 35.5.